The van der Waals surface area contributed by atoms with E-state index < -0.39 is 0 Å². The average Bonchev–Trinajstić information content (AvgIpc) is 2.57. The number of methoxy groups -OCH3 is 1. The predicted molar refractivity (Wildman–Crippen MR) is 69.3 cm³/mol. The Hall–Kier alpha value is -1.76. The van der Waals surface area contributed by atoms with Crippen molar-refractivity contribution in [3.8, 4) is 5.75 Å². The largest absolute Gasteiger partial charge is 0.497 e. The van der Waals surface area contributed by atoms with E-state index in [2.05, 4.69) is 42.8 Å². The first-order valence-electron chi connectivity index (χ1n) is 5.96. The third kappa shape index (κ3) is 1.93. The van der Waals surface area contributed by atoms with E-state index in [4.69, 9.17) is 4.74 Å². The van der Waals surface area contributed by atoms with Crippen LogP contribution in [0.3, 0.4) is 0 Å². The smallest absolute Gasteiger partial charge is 0.119 e. The molecule has 85 valence electrons. The number of ether oxygens (including phenoxy) is 1. The molecule has 0 fully saturated rings. The van der Waals surface area contributed by atoms with E-state index in [0.29, 0.717) is 0 Å². The molecule has 0 unspecified atom stereocenters. The van der Waals surface area contributed by atoms with Gasteiger partial charge < -0.3 is 4.74 Å². The second-order valence-corrected chi connectivity index (χ2v) is 4.41. The Kier molecular flexibility index (Phi) is 2.60. The summed E-state index contributed by atoms with van der Waals surface area (Å²) in [4.78, 5) is 0. The van der Waals surface area contributed by atoms with Crippen molar-refractivity contribution in [1.82, 2.24) is 0 Å². The van der Waals surface area contributed by atoms with Gasteiger partial charge in [-0.15, -0.1) is 0 Å². The molecule has 1 heteroatoms. The molecule has 0 amide bonds. The summed E-state index contributed by atoms with van der Waals surface area (Å²) >= 11 is 0. The number of hydrogen-bond acceptors (Lipinski definition) is 1. The molecule has 17 heavy (non-hydrogen) atoms. The van der Waals surface area contributed by atoms with E-state index in [1.54, 1.807) is 7.11 Å². The lowest BCUT2D eigenvalue weighted by Crippen LogP contribution is -1.93. The summed E-state index contributed by atoms with van der Waals surface area (Å²) in [5.74, 6) is 0.947. The Labute approximate surface area is 102 Å². The molecule has 0 aromatic heterocycles. The minimum Gasteiger partial charge on any atom is -0.497 e. The Balaban J connectivity index is 2.03. The lowest BCUT2D eigenvalue weighted by Gasteiger charge is -2.07. The zero-order chi connectivity index (χ0) is 11.7. The standard InChI is InChI=1S/C16H15O/c1-17-16-9-8-14-10-13-5-3-2-4-12(13)6-7-15(14)11-16/h2-5,8-11H,6-7H2,1H3. The van der Waals surface area contributed by atoms with Gasteiger partial charge in [0.25, 0.3) is 0 Å². The average molecular weight is 223 g/mol. The molecule has 2 aromatic rings. The van der Waals surface area contributed by atoms with Crippen molar-refractivity contribution >= 4 is 0 Å². The summed E-state index contributed by atoms with van der Waals surface area (Å²) < 4.78 is 5.28. The van der Waals surface area contributed by atoms with E-state index in [9.17, 15) is 0 Å². The van der Waals surface area contributed by atoms with E-state index in [0.717, 1.165) is 18.6 Å². The first-order valence-corrected chi connectivity index (χ1v) is 5.96. The van der Waals surface area contributed by atoms with Crippen molar-refractivity contribution in [3.63, 3.8) is 0 Å². The number of fused-ring (bicyclic) bond motifs is 2. The van der Waals surface area contributed by atoms with Gasteiger partial charge in [-0.1, -0.05) is 30.3 Å². The van der Waals surface area contributed by atoms with Crippen LogP contribution in [0, 0.1) is 6.42 Å². The lowest BCUT2D eigenvalue weighted by atomic mass is 10.0. The van der Waals surface area contributed by atoms with E-state index in [1.807, 2.05) is 6.07 Å². The fourth-order valence-corrected chi connectivity index (χ4v) is 2.41. The molecule has 0 N–H and O–H groups in total. The number of hydrogen-bond donors (Lipinski definition) is 0. The number of rotatable bonds is 1. The molecular weight excluding hydrogens is 208 g/mol. The highest BCUT2D eigenvalue weighted by molar-refractivity contribution is 5.50. The SMILES string of the molecule is COc1ccc2c(c1)CCc1ccccc1[CH]2. The van der Waals surface area contributed by atoms with Gasteiger partial charge in [0.2, 0.25) is 0 Å². The molecule has 1 radical (unpaired) electrons. The fourth-order valence-electron chi connectivity index (χ4n) is 2.41. The minimum atomic E-state index is 0.947. The topological polar surface area (TPSA) is 9.23 Å². The summed E-state index contributed by atoms with van der Waals surface area (Å²) in [6.45, 7) is 0. The molecule has 2 aromatic carbocycles. The Bertz CT molecular complexity index is 543. The summed E-state index contributed by atoms with van der Waals surface area (Å²) in [6, 6.07) is 15.0. The number of benzene rings is 2. The molecule has 3 rings (SSSR count). The van der Waals surface area contributed by atoms with Crippen LogP contribution in [0.15, 0.2) is 42.5 Å². The van der Waals surface area contributed by atoms with Gasteiger partial charge in [-0.3, -0.25) is 0 Å². The van der Waals surface area contributed by atoms with Crippen molar-refractivity contribution in [2.45, 2.75) is 12.8 Å². The quantitative estimate of drug-likeness (QED) is 0.720. The maximum absolute atomic E-state index is 5.28. The zero-order valence-corrected chi connectivity index (χ0v) is 9.94. The van der Waals surface area contributed by atoms with Crippen LogP contribution in [0.4, 0.5) is 0 Å². The van der Waals surface area contributed by atoms with Gasteiger partial charge in [0, 0.05) is 6.42 Å². The maximum Gasteiger partial charge on any atom is 0.119 e. The first kappa shape index (κ1) is 10.4. The van der Waals surface area contributed by atoms with Gasteiger partial charge in [0.15, 0.2) is 0 Å². The van der Waals surface area contributed by atoms with Crippen molar-refractivity contribution in [1.29, 1.82) is 0 Å². The van der Waals surface area contributed by atoms with E-state index in [-0.39, 0.29) is 0 Å². The summed E-state index contributed by atoms with van der Waals surface area (Å²) in [5, 5.41) is 0. The van der Waals surface area contributed by atoms with Crippen LogP contribution >= 0.6 is 0 Å². The second kappa shape index (κ2) is 4.25. The van der Waals surface area contributed by atoms with Crippen LogP contribution < -0.4 is 4.74 Å². The third-order valence-electron chi connectivity index (χ3n) is 3.38. The second-order valence-electron chi connectivity index (χ2n) is 4.41. The molecule has 1 aliphatic carbocycles. The van der Waals surface area contributed by atoms with Crippen LogP contribution in [0.25, 0.3) is 0 Å². The Morgan fingerprint density at radius 2 is 1.65 bits per heavy atom. The van der Waals surface area contributed by atoms with Crippen LogP contribution in [0.5, 0.6) is 5.75 Å². The lowest BCUT2D eigenvalue weighted by molar-refractivity contribution is 0.414. The van der Waals surface area contributed by atoms with Crippen molar-refractivity contribution in [2.24, 2.45) is 0 Å². The van der Waals surface area contributed by atoms with Crippen LogP contribution in [-0.2, 0) is 12.8 Å². The molecule has 0 spiro atoms. The van der Waals surface area contributed by atoms with Gasteiger partial charge in [-0.2, -0.15) is 0 Å². The van der Waals surface area contributed by atoms with Gasteiger partial charge in [0.1, 0.15) is 5.75 Å². The molecule has 0 aliphatic heterocycles. The monoisotopic (exact) mass is 223 g/mol. The molecule has 0 saturated heterocycles. The van der Waals surface area contributed by atoms with E-state index in [1.165, 1.54) is 22.3 Å². The summed E-state index contributed by atoms with van der Waals surface area (Å²) in [7, 11) is 1.72. The minimum absolute atomic E-state index is 0.947. The maximum atomic E-state index is 5.28. The Morgan fingerprint density at radius 1 is 0.882 bits per heavy atom. The summed E-state index contributed by atoms with van der Waals surface area (Å²) in [6.07, 6.45) is 4.46. The highest BCUT2D eigenvalue weighted by atomic mass is 16.5. The zero-order valence-electron chi connectivity index (χ0n) is 9.94. The van der Waals surface area contributed by atoms with Gasteiger partial charge in [-0.25, -0.2) is 0 Å². The normalized spacial score (nSPS) is 13.5. The van der Waals surface area contributed by atoms with Crippen LogP contribution in [-0.4, -0.2) is 7.11 Å². The van der Waals surface area contributed by atoms with Gasteiger partial charge >= 0.3 is 0 Å². The molecule has 0 atom stereocenters. The summed E-state index contributed by atoms with van der Waals surface area (Å²) in [5.41, 5.74) is 5.47. The van der Waals surface area contributed by atoms with Crippen molar-refractivity contribution in [2.75, 3.05) is 7.11 Å². The van der Waals surface area contributed by atoms with E-state index >= 15 is 0 Å². The van der Waals surface area contributed by atoms with Crippen LogP contribution in [0.2, 0.25) is 0 Å². The highest BCUT2D eigenvalue weighted by Crippen LogP contribution is 2.28. The molecular formula is C16H15O. The molecule has 1 nitrogen and oxygen atoms in total. The fraction of sp³-hybridized carbons (Fsp3) is 0.188. The predicted octanol–water partition coefficient (Wildman–Crippen LogP) is 3.39. The molecule has 1 aliphatic rings. The van der Waals surface area contributed by atoms with Crippen molar-refractivity contribution < 1.29 is 4.74 Å². The molecule has 0 saturated carbocycles. The highest BCUT2D eigenvalue weighted by Gasteiger charge is 2.13. The number of aryl methyl sites for hydroxylation is 2. The van der Waals surface area contributed by atoms with Crippen molar-refractivity contribution in [3.05, 3.63) is 71.1 Å². The third-order valence-corrected chi connectivity index (χ3v) is 3.38. The molecule has 0 heterocycles. The molecule has 0 bridgehead atoms. The van der Waals surface area contributed by atoms with Gasteiger partial charge in [0.05, 0.1) is 7.11 Å². The van der Waals surface area contributed by atoms with Crippen LogP contribution in [0.1, 0.15) is 22.3 Å². The Morgan fingerprint density at radius 3 is 2.53 bits per heavy atom. The van der Waals surface area contributed by atoms with Gasteiger partial charge in [-0.05, 0) is 47.2 Å². The first-order chi connectivity index (χ1) is 8.36.